The Morgan fingerprint density at radius 2 is 1.67 bits per heavy atom. The molecule has 1 aromatic carbocycles. The van der Waals surface area contributed by atoms with Gasteiger partial charge in [0.1, 0.15) is 6.04 Å². The maximum Gasteiger partial charge on any atom is 0.335 e. The van der Waals surface area contributed by atoms with Crippen molar-refractivity contribution in [3.63, 3.8) is 0 Å². The van der Waals surface area contributed by atoms with Crippen molar-refractivity contribution in [3.8, 4) is 0 Å². The molecule has 1 aromatic rings. The van der Waals surface area contributed by atoms with Crippen LogP contribution in [0.4, 0.5) is 0 Å². The van der Waals surface area contributed by atoms with Gasteiger partial charge >= 0.3 is 17.9 Å². The number of hydrogen-bond donors (Lipinski definition) is 4. The molecular formula is C13H13NO7. The summed E-state index contributed by atoms with van der Waals surface area (Å²) in [6, 6.07) is 3.72. The molecule has 0 aromatic heterocycles. The third-order valence-electron chi connectivity index (χ3n) is 2.62. The van der Waals surface area contributed by atoms with Gasteiger partial charge in [-0.25, -0.2) is 9.59 Å². The molecule has 0 aliphatic rings. The predicted octanol–water partition coefficient (Wildman–Crippen LogP) is 0.433. The topological polar surface area (TPSA) is 141 Å². The third-order valence-corrected chi connectivity index (χ3v) is 2.62. The largest absolute Gasteiger partial charge is 0.481 e. The highest BCUT2D eigenvalue weighted by Crippen LogP contribution is 2.07. The van der Waals surface area contributed by atoms with Gasteiger partial charge in [0.2, 0.25) is 0 Å². The zero-order valence-electron chi connectivity index (χ0n) is 10.8. The predicted molar refractivity (Wildman–Crippen MR) is 69.2 cm³/mol. The van der Waals surface area contributed by atoms with Gasteiger partial charge in [-0.1, -0.05) is 6.07 Å². The molecule has 1 rings (SSSR count). The molecule has 4 N–H and O–H groups in total. The molecule has 0 unspecified atom stereocenters. The van der Waals surface area contributed by atoms with E-state index in [2.05, 4.69) is 5.32 Å². The van der Waals surface area contributed by atoms with E-state index in [4.69, 9.17) is 15.3 Å². The van der Waals surface area contributed by atoms with Gasteiger partial charge in [-0.05, 0) is 24.6 Å². The summed E-state index contributed by atoms with van der Waals surface area (Å²) in [6.07, 6.45) is -0.679. The normalized spacial score (nSPS) is 11.4. The molecule has 0 saturated heterocycles. The first kappa shape index (κ1) is 16.2. The Morgan fingerprint density at radius 1 is 1.05 bits per heavy atom. The summed E-state index contributed by atoms with van der Waals surface area (Å²) in [5.41, 5.74) is -0.128. The highest BCUT2D eigenvalue weighted by molar-refractivity contribution is 5.99. The van der Waals surface area contributed by atoms with Crippen LogP contribution in [-0.2, 0) is 9.59 Å². The van der Waals surface area contributed by atoms with E-state index in [1.165, 1.54) is 18.2 Å². The summed E-state index contributed by atoms with van der Waals surface area (Å²) in [5, 5.41) is 28.4. The van der Waals surface area contributed by atoms with Gasteiger partial charge < -0.3 is 20.6 Å². The van der Waals surface area contributed by atoms with Crippen molar-refractivity contribution in [1.82, 2.24) is 5.32 Å². The summed E-state index contributed by atoms with van der Waals surface area (Å²) < 4.78 is 0. The average Bonchev–Trinajstić information content (AvgIpc) is 2.42. The lowest BCUT2D eigenvalue weighted by Crippen LogP contribution is -2.41. The van der Waals surface area contributed by atoms with Crippen LogP contribution < -0.4 is 5.32 Å². The Bertz CT molecular complexity index is 582. The number of aromatic carboxylic acids is 1. The van der Waals surface area contributed by atoms with Gasteiger partial charge in [-0.3, -0.25) is 9.59 Å². The second kappa shape index (κ2) is 7.04. The van der Waals surface area contributed by atoms with Crippen molar-refractivity contribution in [1.29, 1.82) is 0 Å². The Morgan fingerprint density at radius 3 is 2.19 bits per heavy atom. The van der Waals surface area contributed by atoms with E-state index in [1.54, 1.807) is 0 Å². The van der Waals surface area contributed by atoms with Crippen LogP contribution >= 0.6 is 0 Å². The van der Waals surface area contributed by atoms with E-state index < -0.39 is 36.3 Å². The molecule has 0 fully saturated rings. The quantitative estimate of drug-likeness (QED) is 0.571. The number of rotatable bonds is 7. The molecule has 1 atom stereocenters. The molecule has 0 heterocycles. The smallest absolute Gasteiger partial charge is 0.335 e. The van der Waals surface area contributed by atoms with Crippen LogP contribution in [0.3, 0.4) is 0 Å². The third kappa shape index (κ3) is 4.94. The Labute approximate surface area is 119 Å². The number of carbonyl (C=O) groups is 4. The van der Waals surface area contributed by atoms with E-state index >= 15 is 0 Å². The summed E-state index contributed by atoms with van der Waals surface area (Å²) in [6.45, 7) is 0. The molecule has 0 aliphatic carbocycles. The van der Waals surface area contributed by atoms with Crippen molar-refractivity contribution in [2.45, 2.75) is 18.9 Å². The molecule has 0 aliphatic heterocycles. The van der Waals surface area contributed by atoms with E-state index in [1.807, 2.05) is 0 Å². The van der Waals surface area contributed by atoms with Gasteiger partial charge in [0.05, 0.1) is 5.56 Å². The van der Waals surface area contributed by atoms with Gasteiger partial charge in [-0.15, -0.1) is 0 Å². The second-order valence-electron chi connectivity index (χ2n) is 4.18. The highest BCUT2D eigenvalue weighted by atomic mass is 16.4. The second-order valence-corrected chi connectivity index (χ2v) is 4.18. The average molecular weight is 295 g/mol. The van der Waals surface area contributed by atoms with Crippen LogP contribution in [-0.4, -0.2) is 45.2 Å². The minimum Gasteiger partial charge on any atom is -0.481 e. The van der Waals surface area contributed by atoms with E-state index in [0.717, 1.165) is 6.07 Å². The van der Waals surface area contributed by atoms with Crippen LogP contribution in [0.5, 0.6) is 0 Å². The molecule has 1 amide bonds. The van der Waals surface area contributed by atoms with Crippen LogP contribution in [0.15, 0.2) is 24.3 Å². The molecule has 0 saturated carbocycles. The van der Waals surface area contributed by atoms with Gasteiger partial charge in [0.25, 0.3) is 5.91 Å². The monoisotopic (exact) mass is 295 g/mol. The highest BCUT2D eigenvalue weighted by Gasteiger charge is 2.21. The van der Waals surface area contributed by atoms with Crippen molar-refractivity contribution in [3.05, 3.63) is 35.4 Å². The van der Waals surface area contributed by atoms with Crippen molar-refractivity contribution in [2.75, 3.05) is 0 Å². The van der Waals surface area contributed by atoms with E-state index in [0.29, 0.717) is 0 Å². The summed E-state index contributed by atoms with van der Waals surface area (Å²) >= 11 is 0. The minimum atomic E-state index is -1.36. The fraction of sp³-hybridized carbons (Fsp3) is 0.231. The van der Waals surface area contributed by atoms with Crippen molar-refractivity contribution in [2.24, 2.45) is 0 Å². The first-order chi connectivity index (χ1) is 9.81. The summed E-state index contributed by atoms with van der Waals surface area (Å²) in [4.78, 5) is 44.0. The Hall–Kier alpha value is -2.90. The fourth-order valence-corrected chi connectivity index (χ4v) is 1.56. The van der Waals surface area contributed by atoms with Gasteiger partial charge in [0.15, 0.2) is 0 Å². The lowest BCUT2D eigenvalue weighted by molar-refractivity contribution is -0.140. The maximum atomic E-state index is 11.9. The number of nitrogens with one attached hydrogen (secondary N) is 1. The van der Waals surface area contributed by atoms with Crippen molar-refractivity contribution < 1.29 is 34.5 Å². The van der Waals surface area contributed by atoms with Crippen LogP contribution in [0.25, 0.3) is 0 Å². The maximum absolute atomic E-state index is 11.9. The van der Waals surface area contributed by atoms with E-state index in [-0.39, 0.29) is 17.5 Å². The minimum absolute atomic E-state index is 0.0172. The molecule has 0 spiro atoms. The summed E-state index contributed by atoms with van der Waals surface area (Å²) in [7, 11) is 0. The fourth-order valence-electron chi connectivity index (χ4n) is 1.56. The molecular weight excluding hydrogens is 282 g/mol. The number of carboxylic acid groups (broad SMARTS) is 3. The van der Waals surface area contributed by atoms with Gasteiger partial charge in [-0.2, -0.15) is 0 Å². The molecule has 0 bridgehead atoms. The first-order valence-electron chi connectivity index (χ1n) is 5.90. The molecule has 112 valence electrons. The zero-order chi connectivity index (χ0) is 16.0. The van der Waals surface area contributed by atoms with Crippen molar-refractivity contribution >= 4 is 23.8 Å². The zero-order valence-corrected chi connectivity index (χ0v) is 10.8. The molecule has 8 heteroatoms. The number of hydrogen-bond acceptors (Lipinski definition) is 4. The molecule has 21 heavy (non-hydrogen) atoms. The number of amides is 1. The van der Waals surface area contributed by atoms with Gasteiger partial charge in [0, 0.05) is 12.0 Å². The lowest BCUT2D eigenvalue weighted by atomic mass is 10.1. The SMILES string of the molecule is O=C(O)CC[C@H](NC(=O)c1cccc(C(=O)O)c1)C(=O)O. The standard InChI is InChI=1S/C13H13NO7/c15-10(16)5-4-9(13(20)21)14-11(17)7-2-1-3-8(6-7)12(18)19/h1-3,6,9H,4-5H2,(H,14,17)(H,15,16)(H,18,19)(H,20,21)/t9-/m0/s1. The summed E-state index contributed by atoms with van der Waals surface area (Å²) in [5.74, 6) is -4.54. The number of benzene rings is 1. The number of carbonyl (C=O) groups excluding carboxylic acids is 1. The Kier molecular flexibility index (Phi) is 5.41. The van der Waals surface area contributed by atoms with E-state index in [9.17, 15) is 19.2 Å². The molecule has 0 radical (unpaired) electrons. The molecule has 8 nitrogen and oxygen atoms in total. The van der Waals surface area contributed by atoms with Crippen LogP contribution in [0.1, 0.15) is 33.6 Å². The van der Waals surface area contributed by atoms with Crippen LogP contribution in [0, 0.1) is 0 Å². The number of carboxylic acids is 3. The lowest BCUT2D eigenvalue weighted by Gasteiger charge is -2.13. The number of aliphatic carboxylic acids is 2. The Balaban J connectivity index is 2.82. The van der Waals surface area contributed by atoms with Crippen LogP contribution in [0.2, 0.25) is 0 Å². The first-order valence-corrected chi connectivity index (χ1v) is 5.90.